The Balaban J connectivity index is 1.94. The number of fused-ring (bicyclic) bond motifs is 1. The Bertz CT molecular complexity index is 1740. The zero-order chi connectivity index (χ0) is 29.0. The van der Waals surface area contributed by atoms with E-state index < -0.39 is 4.92 Å². The molecule has 4 aromatic rings. The number of halogens is 1. The average molecular weight is 603 g/mol. The van der Waals surface area contributed by atoms with Crippen LogP contribution >= 0.6 is 15.9 Å². The lowest BCUT2D eigenvalue weighted by Gasteiger charge is -2.18. The molecule has 0 atom stereocenters. The monoisotopic (exact) mass is 602 g/mol. The standard InChI is InChI=1S/C30H27BrN4O5/c1-6-12-40-28-24(31)14-20(15-26(28)35(37)38)17-32-34-29(33-25-11-9-8-10-21(25)30(34)36)23-16-22(18(3)4)27(39-7-2)13-19(23)5/h1,8-11,13-18H,7,12H2,2-5H3. The molecule has 0 bridgehead atoms. The summed E-state index contributed by atoms with van der Waals surface area (Å²) in [5.41, 5.74) is 2.77. The van der Waals surface area contributed by atoms with E-state index in [1.165, 1.54) is 17.0 Å². The molecule has 0 N–H and O–H groups in total. The fraction of sp³-hybridized carbons (Fsp3) is 0.233. The molecule has 204 valence electrons. The molecule has 0 amide bonds. The molecule has 0 radical (unpaired) electrons. The van der Waals surface area contributed by atoms with Gasteiger partial charge in [0, 0.05) is 17.2 Å². The van der Waals surface area contributed by atoms with Gasteiger partial charge in [0.05, 0.1) is 33.1 Å². The molecule has 0 aliphatic heterocycles. The Morgan fingerprint density at radius 1 is 1.23 bits per heavy atom. The number of ether oxygens (including phenoxy) is 2. The molecule has 9 nitrogen and oxygen atoms in total. The number of nitro groups is 1. The lowest BCUT2D eigenvalue weighted by Crippen LogP contribution is -2.21. The van der Waals surface area contributed by atoms with Crippen LogP contribution in [0.1, 0.15) is 43.4 Å². The first-order valence-electron chi connectivity index (χ1n) is 12.5. The zero-order valence-corrected chi connectivity index (χ0v) is 24.1. The summed E-state index contributed by atoms with van der Waals surface area (Å²) < 4.78 is 12.8. The lowest BCUT2D eigenvalue weighted by molar-refractivity contribution is -0.385. The first kappa shape index (κ1) is 28.5. The predicted octanol–water partition coefficient (Wildman–Crippen LogP) is 6.46. The van der Waals surface area contributed by atoms with Crippen molar-refractivity contribution in [2.75, 3.05) is 13.2 Å². The number of benzene rings is 3. The van der Waals surface area contributed by atoms with Crippen molar-refractivity contribution in [1.82, 2.24) is 9.66 Å². The Kier molecular flexibility index (Phi) is 8.65. The molecular formula is C30H27BrN4O5. The topological polar surface area (TPSA) is 109 Å². The largest absolute Gasteiger partial charge is 0.494 e. The minimum Gasteiger partial charge on any atom is -0.494 e. The van der Waals surface area contributed by atoms with Gasteiger partial charge >= 0.3 is 5.69 Å². The van der Waals surface area contributed by atoms with Gasteiger partial charge in [-0.15, -0.1) is 6.42 Å². The van der Waals surface area contributed by atoms with Gasteiger partial charge in [0.15, 0.2) is 5.82 Å². The second-order valence-corrected chi connectivity index (χ2v) is 10.1. The maximum Gasteiger partial charge on any atom is 0.312 e. The van der Waals surface area contributed by atoms with Crippen molar-refractivity contribution in [2.45, 2.75) is 33.6 Å². The van der Waals surface area contributed by atoms with Crippen LogP contribution in [-0.2, 0) is 0 Å². The normalized spacial score (nSPS) is 11.2. The fourth-order valence-corrected chi connectivity index (χ4v) is 4.85. The van der Waals surface area contributed by atoms with Crippen molar-refractivity contribution in [2.24, 2.45) is 5.10 Å². The van der Waals surface area contributed by atoms with E-state index in [1.54, 1.807) is 24.3 Å². The lowest BCUT2D eigenvalue weighted by atomic mass is 9.96. The molecule has 0 saturated carbocycles. The third kappa shape index (κ3) is 5.75. The smallest absolute Gasteiger partial charge is 0.312 e. The second kappa shape index (κ2) is 12.1. The second-order valence-electron chi connectivity index (χ2n) is 9.21. The van der Waals surface area contributed by atoms with E-state index in [2.05, 4.69) is 40.8 Å². The molecule has 0 aliphatic carbocycles. The highest BCUT2D eigenvalue weighted by molar-refractivity contribution is 9.10. The first-order valence-corrected chi connectivity index (χ1v) is 13.3. The van der Waals surface area contributed by atoms with Crippen LogP contribution in [0.15, 0.2) is 62.9 Å². The number of terminal acetylenes is 1. The van der Waals surface area contributed by atoms with E-state index in [0.717, 1.165) is 22.4 Å². The number of hydrogen-bond acceptors (Lipinski definition) is 7. The summed E-state index contributed by atoms with van der Waals surface area (Å²) in [5, 5.41) is 16.6. The summed E-state index contributed by atoms with van der Waals surface area (Å²) in [5.74, 6) is 3.57. The molecule has 10 heteroatoms. The summed E-state index contributed by atoms with van der Waals surface area (Å²) in [6.45, 7) is 8.38. The number of rotatable bonds is 9. The van der Waals surface area contributed by atoms with Crippen LogP contribution in [0.5, 0.6) is 11.5 Å². The van der Waals surface area contributed by atoms with Crippen LogP contribution in [0.25, 0.3) is 22.3 Å². The molecule has 3 aromatic carbocycles. The van der Waals surface area contributed by atoms with Crippen LogP contribution < -0.4 is 15.0 Å². The molecular weight excluding hydrogens is 576 g/mol. The third-order valence-electron chi connectivity index (χ3n) is 6.14. The van der Waals surface area contributed by atoms with Gasteiger partial charge in [0.1, 0.15) is 12.4 Å². The quantitative estimate of drug-likeness (QED) is 0.0941. The van der Waals surface area contributed by atoms with Crippen LogP contribution in [0.2, 0.25) is 0 Å². The maximum absolute atomic E-state index is 13.7. The molecule has 0 unspecified atom stereocenters. The summed E-state index contributed by atoms with van der Waals surface area (Å²) in [4.78, 5) is 29.7. The van der Waals surface area contributed by atoms with Crippen LogP contribution in [0, 0.1) is 29.4 Å². The van der Waals surface area contributed by atoms with Crippen molar-refractivity contribution < 1.29 is 14.4 Å². The molecule has 40 heavy (non-hydrogen) atoms. The number of aryl methyl sites for hydroxylation is 1. The van der Waals surface area contributed by atoms with Crippen molar-refractivity contribution in [3.8, 4) is 35.2 Å². The van der Waals surface area contributed by atoms with Crippen molar-refractivity contribution in [1.29, 1.82) is 0 Å². The minimum absolute atomic E-state index is 0.0107. The van der Waals surface area contributed by atoms with Gasteiger partial charge in [-0.05, 0) is 77.2 Å². The van der Waals surface area contributed by atoms with Crippen LogP contribution in [-0.4, -0.2) is 34.0 Å². The third-order valence-corrected chi connectivity index (χ3v) is 6.73. The number of nitro benzene ring substituents is 1. The Morgan fingerprint density at radius 2 is 1.98 bits per heavy atom. The van der Waals surface area contributed by atoms with Crippen LogP contribution in [0.3, 0.4) is 0 Å². The van der Waals surface area contributed by atoms with Gasteiger partial charge in [-0.1, -0.05) is 31.9 Å². The maximum atomic E-state index is 13.7. The Hall–Kier alpha value is -4.49. The highest BCUT2D eigenvalue weighted by atomic mass is 79.9. The van der Waals surface area contributed by atoms with Crippen molar-refractivity contribution in [3.63, 3.8) is 0 Å². The fourth-order valence-electron chi connectivity index (χ4n) is 4.27. The number of hydrogen-bond donors (Lipinski definition) is 0. The number of nitrogens with zero attached hydrogens (tertiary/aromatic N) is 4. The van der Waals surface area contributed by atoms with Gasteiger partial charge < -0.3 is 9.47 Å². The Labute approximate surface area is 239 Å². The van der Waals surface area contributed by atoms with Gasteiger partial charge in [-0.25, -0.2) is 4.98 Å². The van der Waals surface area contributed by atoms with Gasteiger partial charge in [-0.2, -0.15) is 9.78 Å². The molecule has 0 saturated heterocycles. The molecule has 4 rings (SSSR count). The highest BCUT2D eigenvalue weighted by Gasteiger charge is 2.21. The minimum atomic E-state index is -0.570. The summed E-state index contributed by atoms with van der Waals surface area (Å²) in [6.07, 6.45) is 6.62. The zero-order valence-electron chi connectivity index (χ0n) is 22.5. The van der Waals surface area contributed by atoms with E-state index in [4.69, 9.17) is 20.9 Å². The average Bonchev–Trinajstić information content (AvgIpc) is 2.91. The molecule has 0 aliphatic rings. The first-order chi connectivity index (χ1) is 19.2. The van der Waals surface area contributed by atoms with Crippen molar-refractivity contribution in [3.05, 3.63) is 90.2 Å². The van der Waals surface area contributed by atoms with E-state index in [9.17, 15) is 14.9 Å². The van der Waals surface area contributed by atoms with Gasteiger partial charge in [-0.3, -0.25) is 14.9 Å². The molecule has 1 heterocycles. The van der Waals surface area contributed by atoms with E-state index in [1.807, 2.05) is 32.0 Å². The summed E-state index contributed by atoms with van der Waals surface area (Å²) >= 11 is 3.32. The highest BCUT2D eigenvalue weighted by Crippen LogP contribution is 2.37. The Morgan fingerprint density at radius 3 is 2.65 bits per heavy atom. The number of para-hydroxylation sites is 1. The van der Waals surface area contributed by atoms with Gasteiger partial charge in [0.2, 0.25) is 5.75 Å². The van der Waals surface area contributed by atoms with Crippen molar-refractivity contribution >= 4 is 38.7 Å². The number of aromatic nitrogens is 2. The SMILES string of the molecule is C#CCOc1c(Br)cc(C=Nn2c(-c3cc(C(C)C)c(OCC)cc3C)nc3ccccc3c2=O)cc1[N+](=O)[O-]. The molecule has 1 aromatic heterocycles. The van der Waals surface area contributed by atoms with Gasteiger partial charge in [0.25, 0.3) is 5.56 Å². The predicted molar refractivity (Wildman–Crippen MR) is 160 cm³/mol. The van der Waals surface area contributed by atoms with Crippen LogP contribution in [0.4, 0.5) is 5.69 Å². The van der Waals surface area contributed by atoms with E-state index in [0.29, 0.717) is 33.4 Å². The van der Waals surface area contributed by atoms with E-state index in [-0.39, 0.29) is 29.5 Å². The molecule has 0 spiro atoms. The summed E-state index contributed by atoms with van der Waals surface area (Å²) in [7, 11) is 0. The summed E-state index contributed by atoms with van der Waals surface area (Å²) in [6, 6.07) is 13.9. The molecule has 0 fully saturated rings. The van der Waals surface area contributed by atoms with E-state index >= 15 is 0 Å².